The van der Waals surface area contributed by atoms with Crippen LogP contribution in [0.2, 0.25) is 0 Å². The van der Waals surface area contributed by atoms with E-state index in [2.05, 4.69) is 15.1 Å². The number of pyridine rings is 1. The molecule has 1 spiro atoms. The minimum absolute atomic E-state index is 0.254. The van der Waals surface area contributed by atoms with Gasteiger partial charge in [0.25, 0.3) is 5.91 Å². The first kappa shape index (κ1) is 17.4. The maximum absolute atomic E-state index is 13.1. The molecule has 1 amide bonds. The highest BCUT2D eigenvalue weighted by Crippen LogP contribution is 2.50. The fourth-order valence-corrected chi connectivity index (χ4v) is 5.91. The zero-order chi connectivity index (χ0) is 19.4. The van der Waals surface area contributed by atoms with Gasteiger partial charge >= 0.3 is 0 Å². The quantitative estimate of drug-likeness (QED) is 0.705. The molecule has 8 heteroatoms. The molecule has 1 aromatic carbocycles. The van der Waals surface area contributed by atoms with Gasteiger partial charge in [-0.15, -0.1) is 0 Å². The Hall–Kier alpha value is -2.71. The summed E-state index contributed by atoms with van der Waals surface area (Å²) < 4.78 is 28.2. The molecule has 2 aliphatic rings. The van der Waals surface area contributed by atoms with E-state index < -0.39 is 14.8 Å². The second-order valence-corrected chi connectivity index (χ2v) is 9.64. The molecule has 0 radical (unpaired) electrons. The fraction of sp³-hybridized carbons (Fsp3) is 0.300. The Morgan fingerprint density at radius 1 is 1.18 bits per heavy atom. The van der Waals surface area contributed by atoms with Crippen molar-refractivity contribution in [3.63, 3.8) is 0 Å². The predicted octanol–water partition coefficient (Wildman–Crippen LogP) is 1.96. The summed E-state index contributed by atoms with van der Waals surface area (Å²) in [6, 6.07) is 14.9. The minimum Gasteiger partial charge on any atom is -0.350 e. The third kappa shape index (κ3) is 2.71. The zero-order valence-electron chi connectivity index (χ0n) is 15.1. The Kier molecular flexibility index (Phi) is 3.82. The van der Waals surface area contributed by atoms with Crippen molar-refractivity contribution in [1.82, 2.24) is 19.7 Å². The molecule has 1 saturated heterocycles. The largest absolute Gasteiger partial charge is 0.350 e. The topological polar surface area (TPSA) is 92.6 Å². The smallest absolute Gasteiger partial charge is 0.255 e. The predicted molar refractivity (Wildman–Crippen MR) is 105 cm³/mol. The SMILES string of the molecule is O=C(NCC1CC2(CC2)S(=O)(=O)N1)c1c(-c2ccccc2)nn2ccccc12. The monoisotopic (exact) mass is 396 g/mol. The molecule has 0 bridgehead atoms. The summed E-state index contributed by atoms with van der Waals surface area (Å²) in [7, 11) is -3.27. The van der Waals surface area contributed by atoms with Gasteiger partial charge in [-0.25, -0.2) is 17.7 Å². The number of fused-ring (bicyclic) bond motifs is 1. The molecular weight excluding hydrogens is 376 g/mol. The first-order valence-electron chi connectivity index (χ1n) is 9.32. The Balaban J connectivity index is 1.43. The van der Waals surface area contributed by atoms with E-state index in [4.69, 9.17) is 0 Å². The van der Waals surface area contributed by atoms with Crippen molar-refractivity contribution in [2.24, 2.45) is 0 Å². The van der Waals surface area contributed by atoms with Crippen molar-refractivity contribution in [2.45, 2.75) is 30.1 Å². The average Bonchev–Trinajstić information content (AvgIpc) is 3.31. The molecule has 2 aromatic heterocycles. The summed E-state index contributed by atoms with van der Waals surface area (Å²) in [4.78, 5) is 13.1. The summed E-state index contributed by atoms with van der Waals surface area (Å²) in [6.45, 7) is 0.262. The third-order valence-corrected chi connectivity index (χ3v) is 8.00. The minimum atomic E-state index is -3.27. The van der Waals surface area contributed by atoms with Crippen molar-refractivity contribution >= 4 is 21.4 Å². The highest BCUT2D eigenvalue weighted by molar-refractivity contribution is 7.91. The molecule has 1 unspecified atom stereocenters. The Morgan fingerprint density at radius 2 is 1.93 bits per heavy atom. The van der Waals surface area contributed by atoms with Gasteiger partial charge < -0.3 is 5.32 Å². The van der Waals surface area contributed by atoms with Crippen LogP contribution in [0.15, 0.2) is 54.7 Å². The molecule has 7 nitrogen and oxygen atoms in total. The highest BCUT2D eigenvalue weighted by Gasteiger charge is 2.60. The number of hydrogen-bond acceptors (Lipinski definition) is 4. The van der Waals surface area contributed by atoms with Crippen molar-refractivity contribution in [3.05, 3.63) is 60.3 Å². The number of nitrogens with zero attached hydrogens (tertiary/aromatic N) is 2. The maximum Gasteiger partial charge on any atom is 0.255 e. The summed E-state index contributed by atoms with van der Waals surface area (Å²) in [5.41, 5.74) is 2.67. The molecular formula is C20H20N4O3S. The molecule has 28 heavy (non-hydrogen) atoms. The van der Waals surface area contributed by atoms with Crippen LogP contribution < -0.4 is 10.0 Å². The molecule has 144 valence electrons. The van der Waals surface area contributed by atoms with Gasteiger partial charge in [0, 0.05) is 24.3 Å². The van der Waals surface area contributed by atoms with Crippen LogP contribution in [-0.4, -0.2) is 41.3 Å². The number of benzene rings is 1. The number of sulfonamides is 1. The standard InChI is InChI=1S/C20H20N4O3S/c25-19(21-13-15-12-20(9-10-20)28(26,27)23-15)17-16-8-4-5-11-24(16)22-18(17)14-6-2-1-3-7-14/h1-8,11,15,23H,9-10,12-13H2,(H,21,25). The van der Waals surface area contributed by atoms with Gasteiger partial charge in [0.05, 0.1) is 15.8 Å². The number of nitrogens with one attached hydrogen (secondary N) is 2. The molecule has 2 fully saturated rings. The maximum atomic E-state index is 13.1. The average molecular weight is 396 g/mol. The number of carbonyl (C=O) groups is 1. The van der Waals surface area contributed by atoms with E-state index in [1.54, 1.807) is 10.7 Å². The molecule has 3 aromatic rings. The van der Waals surface area contributed by atoms with Gasteiger partial charge in [-0.3, -0.25) is 4.79 Å². The second-order valence-electron chi connectivity index (χ2n) is 7.54. The van der Waals surface area contributed by atoms with Crippen molar-refractivity contribution < 1.29 is 13.2 Å². The normalized spacial score (nSPS) is 21.8. The lowest BCUT2D eigenvalue weighted by Gasteiger charge is -2.11. The van der Waals surface area contributed by atoms with Gasteiger partial charge in [0.15, 0.2) is 0 Å². The van der Waals surface area contributed by atoms with Crippen molar-refractivity contribution in [2.75, 3.05) is 6.54 Å². The van der Waals surface area contributed by atoms with Gasteiger partial charge in [-0.2, -0.15) is 5.10 Å². The van der Waals surface area contributed by atoms with E-state index in [-0.39, 0.29) is 18.5 Å². The number of rotatable bonds is 4. The van der Waals surface area contributed by atoms with Crippen molar-refractivity contribution in [1.29, 1.82) is 0 Å². The number of aromatic nitrogens is 2. The van der Waals surface area contributed by atoms with Crippen LogP contribution in [0.25, 0.3) is 16.8 Å². The molecule has 2 N–H and O–H groups in total. The number of hydrogen-bond donors (Lipinski definition) is 2. The van der Waals surface area contributed by atoms with Crippen LogP contribution in [0.1, 0.15) is 29.6 Å². The second kappa shape index (κ2) is 6.15. The van der Waals surface area contributed by atoms with Crippen LogP contribution in [0.5, 0.6) is 0 Å². The zero-order valence-corrected chi connectivity index (χ0v) is 15.9. The van der Waals surface area contributed by atoms with Crippen LogP contribution in [0.4, 0.5) is 0 Å². The first-order chi connectivity index (χ1) is 13.5. The fourth-order valence-electron chi connectivity index (χ4n) is 4.00. The lowest BCUT2D eigenvalue weighted by Crippen LogP contribution is -2.38. The van der Waals surface area contributed by atoms with Crippen LogP contribution in [-0.2, 0) is 10.0 Å². The lowest BCUT2D eigenvalue weighted by molar-refractivity contribution is 0.0952. The van der Waals surface area contributed by atoms with Crippen LogP contribution in [0.3, 0.4) is 0 Å². The van der Waals surface area contributed by atoms with E-state index in [1.807, 2.05) is 48.5 Å². The molecule has 3 heterocycles. The van der Waals surface area contributed by atoms with Gasteiger partial charge in [0.2, 0.25) is 10.0 Å². The van der Waals surface area contributed by atoms with Gasteiger partial charge in [-0.05, 0) is 31.4 Å². The molecule has 1 saturated carbocycles. The number of carbonyl (C=O) groups excluding carboxylic acids is 1. The molecule has 5 rings (SSSR count). The van der Waals surface area contributed by atoms with E-state index >= 15 is 0 Å². The summed E-state index contributed by atoms with van der Waals surface area (Å²) in [5.74, 6) is -0.254. The summed E-state index contributed by atoms with van der Waals surface area (Å²) in [6.07, 6.45) is 3.77. The van der Waals surface area contributed by atoms with E-state index in [0.29, 0.717) is 36.0 Å². The lowest BCUT2D eigenvalue weighted by atomic mass is 10.1. The molecule has 1 aliphatic heterocycles. The van der Waals surface area contributed by atoms with E-state index in [0.717, 1.165) is 5.56 Å². The number of amides is 1. The Morgan fingerprint density at radius 3 is 2.64 bits per heavy atom. The summed E-state index contributed by atoms with van der Waals surface area (Å²) >= 11 is 0. The first-order valence-corrected chi connectivity index (χ1v) is 10.8. The van der Waals surface area contributed by atoms with Crippen LogP contribution >= 0.6 is 0 Å². The van der Waals surface area contributed by atoms with Gasteiger partial charge in [0.1, 0.15) is 5.69 Å². The van der Waals surface area contributed by atoms with Crippen molar-refractivity contribution in [3.8, 4) is 11.3 Å². The Labute approximate surface area is 162 Å². The van der Waals surface area contributed by atoms with Gasteiger partial charge in [-0.1, -0.05) is 36.4 Å². The summed E-state index contributed by atoms with van der Waals surface area (Å²) in [5, 5.41) is 7.50. The van der Waals surface area contributed by atoms with Crippen LogP contribution in [0, 0.1) is 0 Å². The molecule has 1 aliphatic carbocycles. The van der Waals surface area contributed by atoms with E-state index in [1.165, 1.54) is 0 Å². The molecule has 1 atom stereocenters. The van der Waals surface area contributed by atoms with E-state index in [9.17, 15) is 13.2 Å². The Bertz CT molecular complexity index is 1170. The third-order valence-electron chi connectivity index (χ3n) is 5.64. The highest BCUT2D eigenvalue weighted by atomic mass is 32.2.